The number of hydrogen-bond donors (Lipinski definition) is 1. The summed E-state index contributed by atoms with van der Waals surface area (Å²) in [5.41, 5.74) is 1.58. The molecule has 0 aliphatic carbocycles. The van der Waals surface area contributed by atoms with Crippen LogP contribution in [0, 0.1) is 0 Å². The van der Waals surface area contributed by atoms with Crippen LogP contribution in [-0.4, -0.2) is 68.7 Å². The molecule has 4 rings (SSSR count). The van der Waals surface area contributed by atoms with Crippen LogP contribution in [0.4, 0.5) is 0 Å². The normalized spacial score (nSPS) is 23.1. The summed E-state index contributed by atoms with van der Waals surface area (Å²) < 4.78 is 1.54. The zero-order valence-electron chi connectivity index (χ0n) is 15.5. The molecule has 1 amide bonds. The lowest BCUT2D eigenvalue weighted by molar-refractivity contribution is -0.0613. The first kappa shape index (κ1) is 17.6. The molecule has 3 aromatic rings. The number of amides is 1. The van der Waals surface area contributed by atoms with E-state index in [0.717, 1.165) is 5.56 Å². The van der Waals surface area contributed by atoms with Crippen molar-refractivity contribution in [3.8, 4) is 0 Å². The monoisotopic (exact) mass is 365 g/mol. The summed E-state index contributed by atoms with van der Waals surface area (Å²) >= 11 is 0. The second kappa shape index (κ2) is 6.75. The van der Waals surface area contributed by atoms with E-state index in [9.17, 15) is 9.90 Å². The van der Waals surface area contributed by atoms with E-state index in [1.54, 1.807) is 33.9 Å². The molecule has 1 aliphatic heterocycles. The lowest BCUT2D eigenvalue weighted by Gasteiger charge is -2.49. The molecule has 27 heavy (non-hydrogen) atoms. The molecule has 1 aliphatic rings. The molecule has 1 aromatic carbocycles. The standard InChI is InChI=1S/C20H23N5O2/c1-23(2)20(15-7-4-3-5-8-15)10-12-24(14-17(20)26)19(27)16-13-21-18-9-6-11-22-25(16)18/h3-9,11,13,17,26H,10,12,14H2,1-2H3/t17-,20+/m1/s1. The Kier molecular flexibility index (Phi) is 4.41. The molecule has 7 nitrogen and oxygen atoms in total. The lowest BCUT2D eigenvalue weighted by Crippen LogP contribution is -2.61. The highest BCUT2D eigenvalue weighted by Gasteiger charge is 2.46. The number of imidazole rings is 1. The summed E-state index contributed by atoms with van der Waals surface area (Å²) in [5, 5.41) is 15.3. The van der Waals surface area contributed by atoms with Crippen LogP contribution < -0.4 is 0 Å². The van der Waals surface area contributed by atoms with Crippen LogP contribution in [0.3, 0.4) is 0 Å². The number of aliphatic hydroxyl groups is 1. The third kappa shape index (κ3) is 2.79. The summed E-state index contributed by atoms with van der Waals surface area (Å²) in [6.07, 6.45) is 3.10. The average Bonchev–Trinajstić information content (AvgIpc) is 3.12. The minimum absolute atomic E-state index is 0.166. The number of carbonyl (C=O) groups excluding carboxylic acids is 1. The number of piperidine rings is 1. The first-order valence-corrected chi connectivity index (χ1v) is 9.03. The first-order valence-electron chi connectivity index (χ1n) is 9.03. The van der Waals surface area contributed by atoms with Crippen LogP contribution >= 0.6 is 0 Å². The van der Waals surface area contributed by atoms with Crippen molar-refractivity contribution in [2.24, 2.45) is 0 Å². The van der Waals surface area contributed by atoms with Gasteiger partial charge in [-0.25, -0.2) is 9.50 Å². The summed E-state index contributed by atoms with van der Waals surface area (Å²) in [6, 6.07) is 13.6. The number of benzene rings is 1. The van der Waals surface area contributed by atoms with E-state index in [1.807, 2.05) is 44.4 Å². The molecule has 7 heteroatoms. The van der Waals surface area contributed by atoms with Crippen molar-refractivity contribution in [1.29, 1.82) is 0 Å². The zero-order valence-corrected chi connectivity index (χ0v) is 15.5. The minimum Gasteiger partial charge on any atom is -0.389 e. The molecule has 1 N–H and O–H groups in total. The molecular weight excluding hydrogens is 342 g/mol. The number of likely N-dealkylation sites (tertiary alicyclic amines) is 1. The van der Waals surface area contributed by atoms with Crippen LogP contribution in [0.2, 0.25) is 0 Å². The van der Waals surface area contributed by atoms with E-state index in [0.29, 0.717) is 24.3 Å². The van der Waals surface area contributed by atoms with Crippen molar-refractivity contribution in [3.05, 3.63) is 66.1 Å². The van der Waals surface area contributed by atoms with Crippen molar-refractivity contribution in [3.63, 3.8) is 0 Å². The smallest absolute Gasteiger partial charge is 0.274 e. The quantitative estimate of drug-likeness (QED) is 0.759. The number of likely N-dealkylation sites (N-methyl/N-ethyl adjacent to an activating group) is 1. The van der Waals surface area contributed by atoms with Gasteiger partial charge in [-0.1, -0.05) is 30.3 Å². The Morgan fingerprint density at radius 2 is 2.00 bits per heavy atom. The van der Waals surface area contributed by atoms with E-state index in [2.05, 4.69) is 15.0 Å². The van der Waals surface area contributed by atoms with Crippen molar-refractivity contribution >= 4 is 11.6 Å². The van der Waals surface area contributed by atoms with Gasteiger partial charge in [0.25, 0.3) is 5.91 Å². The first-order chi connectivity index (χ1) is 13.0. The third-order valence-corrected chi connectivity index (χ3v) is 5.56. The van der Waals surface area contributed by atoms with Gasteiger partial charge in [-0.3, -0.25) is 9.69 Å². The Hall–Kier alpha value is -2.77. The SMILES string of the molecule is CN(C)[C@]1(c2ccccc2)CCN(C(=O)c2cnc3cccnn23)C[C@H]1O. The van der Waals surface area contributed by atoms with E-state index in [4.69, 9.17) is 0 Å². The van der Waals surface area contributed by atoms with Gasteiger partial charge in [0.15, 0.2) is 11.3 Å². The maximum absolute atomic E-state index is 13.0. The molecule has 0 saturated carbocycles. The Morgan fingerprint density at radius 3 is 2.70 bits per heavy atom. The van der Waals surface area contributed by atoms with E-state index in [-0.39, 0.29) is 12.5 Å². The van der Waals surface area contributed by atoms with Gasteiger partial charge in [-0.15, -0.1) is 0 Å². The number of nitrogens with zero attached hydrogens (tertiary/aromatic N) is 5. The van der Waals surface area contributed by atoms with Crippen molar-refractivity contribution in [2.45, 2.75) is 18.1 Å². The molecule has 1 saturated heterocycles. The molecule has 2 atom stereocenters. The Balaban J connectivity index is 1.62. The Labute approximate surface area is 157 Å². The fourth-order valence-corrected chi connectivity index (χ4v) is 4.09. The second-order valence-corrected chi connectivity index (χ2v) is 7.14. The fourth-order valence-electron chi connectivity index (χ4n) is 4.09. The predicted octanol–water partition coefficient (Wildman–Crippen LogP) is 1.39. The summed E-state index contributed by atoms with van der Waals surface area (Å²) in [6.45, 7) is 0.801. The maximum atomic E-state index is 13.0. The zero-order chi connectivity index (χ0) is 19.0. The minimum atomic E-state index is -0.709. The summed E-state index contributed by atoms with van der Waals surface area (Å²) in [7, 11) is 3.95. The second-order valence-electron chi connectivity index (χ2n) is 7.14. The van der Waals surface area contributed by atoms with Crippen molar-refractivity contribution in [1.82, 2.24) is 24.4 Å². The molecule has 0 unspecified atom stereocenters. The van der Waals surface area contributed by atoms with E-state index < -0.39 is 11.6 Å². The Morgan fingerprint density at radius 1 is 1.22 bits per heavy atom. The van der Waals surface area contributed by atoms with Crippen molar-refractivity contribution < 1.29 is 9.90 Å². The van der Waals surface area contributed by atoms with Gasteiger partial charge in [0.2, 0.25) is 0 Å². The highest BCUT2D eigenvalue weighted by atomic mass is 16.3. The number of carbonyl (C=O) groups is 1. The van der Waals surface area contributed by atoms with Gasteiger partial charge in [-0.05, 0) is 38.2 Å². The number of aromatic nitrogens is 3. The Bertz CT molecular complexity index is 955. The molecule has 0 spiro atoms. The van der Waals surface area contributed by atoms with Gasteiger partial charge >= 0.3 is 0 Å². The maximum Gasteiger partial charge on any atom is 0.274 e. The number of rotatable bonds is 3. The molecular formula is C20H23N5O2. The summed E-state index contributed by atoms with van der Waals surface area (Å²) in [5.74, 6) is -0.166. The number of hydrogen-bond acceptors (Lipinski definition) is 5. The van der Waals surface area contributed by atoms with Gasteiger partial charge in [0, 0.05) is 19.3 Å². The number of fused-ring (bicyclic) bond motifs is 1. The van der Waals surface area contributed by atoms with E-state index >= 15 is 0 Å². The van der Waals surface area contributed by atoms with Gasteiger partial charge in [0.05, 0.1) is 17.8 Å². The highest BCUT2D eigenvalue weighted by molar-refractivity contribution is 5.93. The number of β-amino-alcohol motifs (C(OH)–C–C–N with tert-alkyl or cyclic N) is 1. The fraction of sp³-hybridized carbons (Fsp3) is 0.350. The largest absolute Gasteiger partial charge is 0.389 e. The molecule has 2 aromatic heterocycles. The average molecular weight is 365 g/mol. The van der Waals surface area contributed by atoms with Crippen LogP contribution in [0.1, 0.15) is 22.5 Å². The van der Waals surface area contributed by atoms with Gasteiger partial charge < -0.3 is 10.0 Å². The van der Waals surface area contributed by atoms with Crippen LogP contribution in [0.5, 0.6) is 0 Å². The molecule has 3 heterocycles. The predicted molar refractivity (Wildman–Crippen MR) is 101 cm³/mol. The highest BCUT2D eigenvalue weighted by Crippen LogP contribution is 2.37. The van der Waals surface area contributed by atoms with Crippen LogP contribution in [-0.2, 0) is 5.54 Å². The molecule has 140 valence electrons. The molecule has 0 bridgehead atoms. The van der Waals surface area contributed by atoms with Gasteiger partial charge in [-0.2, -0.15) is 5.10 Å². The van der Waals surface area contributed by atoms with Crippen LogP contribution in [0.15, 0.2) is 54.9 Å². The lowest BCUT2D eigenvalue weighted by atomic mass is 9.77. The van der Waals surface area contributed by atoms with Crippen LogP contribution in [0.25, 0.3) is 5.65 Å². The summed E-state index contributed by atoms with van der Waals surface area (Å²) in [4.78, 5) is 21.0. The number of aliphatic hydroxyl groups excluding tert-OH is 1. The molecule has 0 radical (unpaired) electrons. The topological polar surface area (TPSA) is 74.0 Å². The molecule has 1 fully saturated rings. The van der Waals surface area contributed by atoms with Crippen molar-refractivity contribution in [2.75, 3.05) is 27.2 Å². The van der Waals surface area contributed by atoms with E-state index in [1.165, 1.54) is 0 Å². The third-order valence-electron chi connectivity index (χ3n) is 5.56. The van der Waals surface area contributed by atoms with Gasteiger partial charge in [0.1, 0.15) is 0 Å².